The maximum atomic E-state index is 13.8. The largest absolute Gasteiger partial charge is 0.304 e. The van der Waals surface area contributed by atoms with Gasteiger partial charge in [0.25, 0.3) is 5.91 Å². The first-order valence-electron chi connectivity index (χ1n) is 10.5. The van der Waals surface area contributed by atoms with E-state index >= 15 is 0 Å². The van der Waals surface area contributed by atoms with E-state index in [0.29, 0.717) is 24.3 Å². The van der Waals surface area contributed by atoms with E-state index in [1.54, 1.807) is 40.7 Å². The molecule has 0 bridgehead atoms. The molecule has 1 aliphatic heterocycles. The van der Waals surface area contributed by atoms with E-state index in [1.807, 2.05) is 18.2 Å². The van der Waals surface area contributed by atoms with Crippen LogP contribution >= 0.6 is 0 Å². The van der Waals surface area contributed by atoms with Crippen LogP contribution in [0.2, 0.25) is 0 Å². The Morgan fingerprint density at radius 1 is 1.06 bits per heavy atom. The molecular weight excluding hydrogens is 414 g/mol. The molecule has 2 atom stereocenters. The lowest BCUT2D eigenvalue weighted by atomic mass is 10.1. The molecule has 8 nitrogen and oxygen atoms in total. The predicted octanol–water partition coefficient (Wildman–Crippen LogP) is 1.96. The zero-order chi connectivity index (χ0) is 22.6. The number of rotatable bonds is 7. The van der Waals surface area contributed by atoms with E-state index in [1.165, 1.54) is 4.31 Å². The van der Waals surface area contributed by atoms with Gasteiger partial charge in [0.1, 0.15) is 0 Å². The minimum atomic E-state index is -3.76. The van der Waals surface area contributed by atoms with Crippen molar-refractivity contribution >= 4 is 21.8 Å². The summed E-state index contributed by atoms with van der Waals surface area (Å²) in [7, 11) is -3.76. The highest BCUT2D eigenvalue weighted by atomic mass is 32.2. The number of carbonyl (C=O) groups excluding carboxylic acids is 1. The number of nitrogens with zero attached hydrogens (tertiary/aromatic N) is 3. The summed E-state index contributed by atoms with van der Waals surface area (Å²) in [6, 6.07) is 16.1. The van der Waals surface area contributed by atoms with Gasteiger partial charge >= 0.3 is 10.2 Å². The van der Waals surface area contributed by atoms with Crippen LogP contribution in [-0.2, 0) is 16.8 Å². The van der Waals surface area contributed by atoms with Gasteiger partial charge in [0.05, 0.1) is 12.2 Å². The number of nitrogens with one attached hydrogen (secondary N) is 1. The van der Waals surface area contributed by atoms with Crippen molar-refractivity contribution in [2.75, 3.05) is 23.9 Å². The van der Waals surface area contributed by atoms with Gasteiger partial charge in [-0.15, -0.1) is 0 Å². The molecule has 1 amide bonds. The van der Waals surface area contributed by atoms with Crippen molar-refractivity contribution in [2.24, 2.45) is 5.84 Å². The topological polar surface area (TPSA) is 99.0 Å². The van der Waals surface area contributed by atoms with E-state index < -0.39 is 16.1 Å². The first kappa shape index (κ1) is 23.2. The van der Waals surface area contributed by atoms with E-state index in [0.717, 1.165) is 12.1 Å². The molecule has 0 unspecified atom stereocenters. The maximum absolute atomic E-state index is 13.8. The van der Waals surface area contributed by atoms with Gasteiger partial charge < -0.3 is 0 Å². The minimum absolute atomic E-state index is 0.134. The van der Waals surface area contributed by atoms with Crippen molar-refractivity contribution in [2.45, 2.75) is 39.4 Å². The number of anilines is 1. The fraction of sp³-hybridized carbons (Fsp3) is 0.409. The number of hydrogen-bond acceptors (Lipinski definition) is 5. The van der Waals surface area contributed by atoms with Crippen LogP contribution in [0.15, 0.2) is 54.6 Å². The van der Waals surface area contributed by atoms with Crippen LogP contribution in [0.4, 0.5) is 5.69 Å². The zero-order valence-electron chi connectivity index (χ0n) is 18.2. The van der Waals surface area contributed by atoms with Crippen molar-refractivity contribution in [3.8, 4) is 0 Å². The Labute approximate surface area is 184 Å². The van der Waals surface area contributed by atoms with Gasteiger partial charge in [-0.05, 0) is 50.2 Å². The quantitative estimate of drug-likeness (QED) is 0.386. The average Bonchev–Trinajstić information content (AvgIpc) is 2.77. The zero-order valence-corrected chi connectivity index (χ0v) is 19.0. The van der Waals surface area contributed by atoms with Crippen LogP contribution in [-0.4, -0.2) is 55.2 Å². The van der Waals surface area contributed by atoms with Crippen LogP contribution in [0.25, 0.3) is 0 Å². The average molecular weight is 446 g/mol. The Hall–Kier alpha value is -2.46. The molecule has 3 rings (SSSR count). The number of nitrogen functional groups attached to an aromatic ring is 1. The second-order valence-corrected chi connectivity index (χ2v) is 9.72. The van der Waals surface area contributed by atoms with Gasteiger partial charge in [-0.25, -0.2) is 5.84 Å². The summed E-state index contributed by atoms with van der Waals surface area (Å²) in [5.74, 6) is 4.79. The molecule has 1 fully saturated rings. The summed E-state index contributed by atoms with van der Waals surface area (Å²) in [5.41, 5.74) is 3.88. The molecule has 0 radical (unpaired) electrons. The number of piperazine rings is 1. The number of carbonyl (C=O) groups is 1. The lowest BCUT2D eigenvalue weighted by molar-refractivity contribution is 0.0827. The van der Waals surface area contributed by atoms with Crippen molar-refractivity contribution < 1.29 is 13.2 Å². The highest BCUT2D eigenvalue weighted by Gasteiger charge is 2.38. The lowest BCUT2D eigenvalue weighted by Gasteiger charge is -2.44. The number of nitrogens with two attached hydrogens (primary N) is 1. The highest BCUT2D eigenvalue weighted by Crippen LogP contribution is 2.26. The fourth-order valence-corrected chi connectivity index (χ4v) is 5.96. The number of hydrogen-bond donors (Lipinski definition) is 2. The SMILES string of the molecule is CCN1[C@H](C)CN(S(=O)(=O)N(Cc2ccc(C(=O)NN)cc2)c2ccccc2)C[C@@H]1C. The molecule has 2 aromatic rings. The third kappa shape index (κ3) is 5.07. The van der Waals surface area contributed by atoms with Gasteiger partial charge in [0.2, 0.25) is 0 Å². The van der Waals surface area contributed by atoms with Gasteiger partial charge in [-0.2, -0.15) is 12.7 Å². The molecule has 1 heterocycles. The second-order valence-electron chi connectivity index (χ2n) is 7.87. The molecule has 31 heavy (non-hydrogen) atoms. The molecule has 168 valence electrons. The van der Waals surface area contributed by atoms with Gasteiger partial charge in [-0.3, -0.25) is 19.4 Å². The molecular formula is C22H31N5O3S. The first-order chi connectivity index (χ1) is 14.8. The Balaban J connectivity index is 1.91. The Kier molecular flexibility index (Phi) is 7.32. The summed E-state index contributed by atoms with van der Waals surface area (Å²) < 4.78 is 30.5. The lowest BCUT2D eigenvalue weighted by Crippen LogP contribution is -2.60. The number of likely N-dealkylation sites (N-methyl/N-ethyl adjacent to an activating group) is 1. The Morgan fingerprint density at radius 2 is 1.65 bits per heavy atom. The molecule has 0 aromatic heterocycles. The molecule has 0 aliphatic carbocycles. The first-order valence-corrected chi connectivity index (χ1v) is 11.9. The number of hydrazine groups is 1. The summed E-state index contributed by atoms with van der Waals surface area (Å²) >= 11 is 0. The van der Waals surface area contributed by atoms with Crippen molar-refractivity contribution in [3.63, 3.8) is 0 Å². The monoisotopic (exact) mass is 445 g/mol. The number of benzene rings is 2. The Bertz CT molecular complexity index is 970. The standard InChI is InChI=1S/C22H31N5O3S/c1-4-26-17(2)14-25(15-18(26)3)31(29,30)27(21-8-6-5-7-9-21)16-19-10-12-20(13-11-19)22(28)24-23/h5-13,17-18H,4,14-16,23H2,1-3H3,(H,24,28)/t17-,18+. The molecule has 0 spiro atoms. The van der Waals surface area contributed by atoms with E-state index in [-0.39, 0.29) is 18.6 Å². The normalized spacial score (nSPS) is 20.4. The summed E-state index contributed by atoms with van der Waals surface area (Å²) in [6.45, 7) is 8.17. The van der Waals surface area contributed by atoms with Crippen molar-refractivity contribution in [3.05, 3.63) is 65.7 Å². The van der Waals surface area contributed by atoms with E-state index in [4.69, 9.17) is 5.84 Å². The Morgan fingerprint density at radius 3 is 2.16 bits per heavy atom. The van der Waals surface area contributed by atoms with E-state index in [9.17, 15) is 13.2 Å². The molecule has 3 N–H and O–H groups in total. The fourth-order valence-electron chi connectivity index (χ4n) is 4.17. The molecule has 0 saturated carbocycles. The third-order valence-electron chi connectivity index (χ3n) is 5.76. The minimum Gasteiger partial charge on any atom is -0.296 e. The number of amides is 1. The van der Waals surface area contributed by atoms with Crippen molar-refractivity contribution in [1.82, 2.24) is 14.6 Å². The summed E-state index contributed by atoms with van der Waals surface area (Å²) in [6.07, 6.45) is 0. The van der Waals surface area contributed by atoms with Gasteiger partial charge in [0, 0.05) is 30.7 Å². The van der Waals surface area contributed by atoms with Gasteiger partial charge in [-0.1, -0.05) is 37.3 Å². The molecule has 1 aliphatic rings. The molecule has 1 saturated heterocycles. The van der Waals surface area contributed by atoms with E-state index in [2.05, 4.69) is 31.1 Å². The summed E-state index contributed by atoms with van der Waals surface area (Å²) in [4.78, 5) is 14.0. The van der Waals surface area contributed by atoms with Crippen LogP contribution in [0, 0.1) is 0 Å². The van der Waals surface area contributed by atoms with Crippen LogP contribution in [0.5, 0.6) is 0 Å². The smallest absolute Gasteiger partial charge is 0.296 e. The molecule has 2 aromatic carbocycles. The maximum Gasteiger partial charge on any atom is 0.304 e. The third-order valence-corrected chi connectivity index (χ3v) is 7.60. The van der Waals surface area contributed by atoms with Crippen LogP contribution in [0.3, 0.4) is 0 Å². The van der Waals surface area contributed by atoms with Crippen LogP contribution in [0.1, 0.15) is 36.7 Å². The number of para-hydroxylation sites is 1. The van der Waals surface area contributed by atoms with Crippen LogP contribution < -0.4 is 15.6 Å². The second kappa shape index (κ2) is 9.78. The van der Waals surface area contributed by atoms with Gasteiger partial charge in [0.15, 0.2) is 0 Å². The van der Waals surface area contributed by atoms with Crippen molar-refractivity contribution in [1.29, 1.82) is 0 Å². The summed E-state index contributed by atoms with van der Waals surface area (Å²) in [5, 5.41) is 0. The molecule has 9 heteroatoms. The highest BCUT2D eigenvalue weighted by molar-refractivity contribution is 7.90. The predicted molar refractivity (Wildman–Crippen MR) is 123 cm³/mol.